The standard InChI is InChI=1S/C15H20N2O3/c1-11(18)16-10-15(19)17-13-7-8-20-14(9-13)12-5-3-2-4-6-12/h2-6,13-14H,7-10H2,1H3,(H,16,18)(H,17,19). The predicted molar refractivity (Wildman–Crippen MR) is 75.0 cm³/mol. The normalized spacial score (nSPS) is 22.1. The van der Waals surface area contributed by atoms with Gasteiger partial charge < -0.3 is 15.4 Å². The topological polar surface area (TPSA) is 67.4 Å². The van der Waals surface area contributed by atoms with E-state index in [1.807, 2.05) is 30.3 Å². The first-order valence-corrected chi connectivity index (χ1v) is 6.85. The Morgan fingerprint density at radius 1 is 1.30 bits per heavy atom. The molecule has 1 heterocycles. The second-order valence-corrected chi connectivity index (χ2v) is 4.97. The summed E-state index contributed by atoms with van der Waals surface area (Å²) in [6.45, 7) is 2.06. The van der Waals surface area contributed by atoms with Crippen molar-refractivity contribution in [3.63, 3.8) is 0 Å². The molecule has 1 aromatic carbocycles. The molecule has 0 spiro atoms. The van der Waals surface area contributed by atoms with Crippen LogP contribution in [0, 0.1) is 0 Å². The molecule has 1 aromatic rings. The molecule has 2 unspecified atom stereocenters. The molecule has 0 aliphatic carbocycles. The summed E-state index contributed by atoms with van der Waals surface area (Å²) < 4.78 is 5.75. The molecule has 0 bridgehead atoms. The van der Waals surface area contributed by atoms with Crippen LogP contribution in [0.25, 0.3) is 0 Å². The van der Waals surface area contributed by atoms with E-state index in [0.29, 0.717) is 6.61 Å². The van der Waals surface area contributed by atoms with Gasteiger partial charge in [-0.25, -0.2) is 0 Å². The Bertz CT molecular complexity index is 461. The maximum atomic E-state index is 11.7. The van der Waals surface area contributed by atoms with E-state index < -0.39 is 0 Å². The van der Waals surface area contributed by atoms with Crippen LogP contribution in [0.2, 0.25) is 0 Å². The van der Waals surface area contributed by atoms with Crippen LogP contribution >= 0.6 is 0 Å². The molecule has 1 aliphatic rings. The Balaban J connectivity index is 1.84. The zero-order valence-electron chi connectivity index (χ0n) is 11.6. The highest BCUT2D eigenvalue weighted by atomic mass is 16.5. The van der Waals surface area contributed by atoms with Gasteiger partial charge in [-0.15, -0.1) is 0 Å². The van der Waals surface area contributed by atoms with Gasteiger partial charge in [-0.2, -0.15) is 0 Å². The monoisotopic (exact) mass is 276 g/mol. The molecule has 108 valence electrons. The van der Waals surface area contributed by atoms with Gasteiger partial charge in [0, 0.05) is 19.6 Å². The summed E-state index contributed by atoms with van der Waals surface area (Å²) in [6.07, 6.45) is 1.58. The van der Waals surface area contributed by atoms with Gasteiger partial charge in [0.05, 0.1) is 12.6 Å². The molecule has 1 aliphatic heterocycles. The van der Waals surface area contributed by atoms with Crippen LogP contribution in [-0.2, 0) is 14.3 Å². The van der Waals surface area contributed by atoms with Crippen LogP contribution in [0.1, 0.15) is 31.4 Å². The second-order valence-electron chi connectivity index (χ2n) is 4.97. The molecule has 2 rings (SSSR count). The maximum absolute atomic E-state index is 11.7. The van der Waals surface area contributed by atoms with Crippen LogP contribution < -0.4 is 10.6 Å². The van der Waals surface area contributed by atoms with Gasteiger partial charge in [0.15, 0.2) is 0 Å². The first kappa shape index (κ1) is 14.5. The minimum atomic E-state index is -0.200. The number of hydrogen-bond donors (Lipinski definition) is 2. The third-order valence-electron chi connectivity index (χ3n) is 3.32. The van der Waals surface area contributed by atoms with E-state index in [9.17, 15) is 9.59 Å². The fourth-order valence-corrected chi connectivity index (χ4v) is 2.31. The first-order chi connectivity index (χ1) is 9.65. The van der Waals surface area contributed by atoms with E-state index in [2.05, 4.69) is 10.6 Å². The summed E-state index contributed by atoms with van der Waals surface area (Å²) in [5.41, 5.74) is 1.13. The molecule has 0 radical (unpaired) electrons. The number of hydrogen-bond acceptors (Lipinski definition) is 3. The molecular formula is C15H20N2O3. The SMILES string of the molecule is CC(=O)NCC(=O)NC1CCOC(c2ccccc2)C1. The summed E-state index contributed by atoms with van der Waals surface area (Å²) >= 11 is 0. The molecule has 2 N–H and O–H groups in total. The van der Waals surface area contributed by atoms with Gasteiger partial charge >= 0.3 is 0 Å². The van der Waals surface area contributed by atoms with Crippen molar-refractivity contribution >= 4 is 11.8 Å². The highest BCUT2D eigenvalue weighted by molar-refractivity contribution is 5.83. The summed E-state index contributed by atoms with van der Waals surface area (Å²) in [5, 5.41) is 5.44. The van der Waals surface area contributed by atoms with Crippen LogP contribution in [0.15, 0.2) is 30.3 Å². The second kappa shape index (κ2) is 7.05. The largest absolute Gasteiger partial charge is 0.373 e. The van der Waals surface area contributed by atoms with Gasteiger partial charge in [-0.3, -0.25) is 9.59 Å². The Labute approximate surface area is 118 Å². The minimum absolute atomic E-state index is 0.0241. The molecule has 20 heavy (non-hydrogen) atoms. The smallest absolute Gasteiger partial charge is 0.239 e. The molecule has 0 aromatic heterocycles. The Kier molecular flexibility index (Phi) is 5.12. The molecule has 5 nitrogen and oxygen atoms in total. The first-order valence-electron chi connectivity index (χ1n) is 6.85. The third-order valence-corrected chi connectivity index (χ3v) is 3.32. The van der Waals surface area contributed by atoms with E-state index in [4.69, 9.17) is 4.74 Å². The van der Waals surface area contributed by atoms with Crippen molar-refractivity contribution < 1.29 is 14.3 Å². The molecule has 2 amide bonds. The zero-order valence-corrected chi connectivity index (χ0v) is 11.6. The number of benzene rings is 1. The lowest BCUT2D eigenvalue weighted by molar-refractivity contribution is -0.126. The minimum Gasteiger partial charge on any atom is -0.373 e. The summed E-state index contributed by atoms with van der Waals surface area (Å²) in [4.78, 5) is 22.5. The van der Waals surface area contributed by atoms with Crippen LogP contribution in [-0.4, -0.2) is 31.0 Å². The van der Waals surface area contributed by atoms with Crippen LogP contribution in [0.5, 0.6) is 0 Å². The van der Waals surface area contributed by atoms with Gasteiger partial charge in [0.1, 0.15) is 0 Å². The fraction of sp³-hybridized carbons (Fsp3) is 0.467. The number of carbonyl (C=O) groups excluding carboxylic acids is 2. The van der Waals surface area contributed by atoms with Crippen LogP contribution in [0.4, 0.5) is 0 Å². The highest BCUT2D eigenvalue weighted by Gasteiger charge is 2.24. The van der Waals surface area contributed by atoms with Gasteiger partial charge in [-0.1, -0.05) is 30.3 Å². The van der Waals surface area contributed by atoms with Crippen molar-refractivity contribution in [3.8, 4) is 0 Å². The van der Waals surface area contributed by atoms with Gasteiger partial charge in [0.25, 0.3) is 0 Å². The number of nitrogens with one attached hydrogen (secondary N) is 2. The summed E-state index contributed by atoms with van der Waals surface area (Å²) in [7, 11) is 0. The lowest BCUT2D eigenvalue weighted by Gasteiger charge is -2.30. The average Bonchev–Trinajstić information content (AvgIpc) is 2.46. The fourth-order valence-electron chi connectivity index (χ4n) is 2.31. The summed E-state index contributed by atoms with van der Waals surface area (Å²) in [5.74, 6) is -0.354. The van der Waals surface area contributed by atoms with E-state index in [1.165, 1.54) is 6.92 Å². The van der Waals surface area contributed by atoms with Crippen molar-refractivity contribution in [2.75, 3.05) is 13.2 Å². The number of ether oxygens (including phenoxy) is 1. The number of rotatable bonds is 4. The number of carbonyl (C=O) groups is 2. The maximum Gasteiger partial charge on any atom is 0.239 e. The lowest BCUT2D eigenvalue weighted by Crippen LogP contribution is -2.44. The molecular weight excluding hydrogens is 256 g/mol. The van der Waals surface area contributed by atoms with E-state index in [1.54, 1.807) is 0 Å². The predicted octanol–water partition coefficient (Wildman–Crippen LogP) is 1.16. The molecule has 5 heteroatoms. The Morgan fingerprint density at radius 2 is 2.05 bits per heavy atom. The molecule has 1 saturated heterocycles. The average molecular weight is 276 g/mol. The highest BCUT2D eigenvalue weighted by Crippen LogP contribution is 2.27. The molecule has 1 fully saturated rings. The van der Waals surface area contributed by atoms with Crippen molar-refractivity contribution in [2.45, 2.75) is 31.9 Å². The van der Waals surface area contributed by atoms with E-state index in [0.717, 1.165) is 18.4 Å². The van der Waals surface area contributed by atoms with Crippen molar-refractivity contribution in [1.82, 2.24) is 10.6 Å². The molecule has 2 atom stereocenters. The Hall–Kier alpha value is -1.88. The van der Waals surface area contributed by atoms with Gasteiger partial charge in [0.2, 0.25) is 11.8 Å². The summed E-state index contributed by atoms with van der Waals surface area (Å²) in [6, 6.07) is 10.1. The quantitative estimate of drug-likeness (QED) is 0.867. The van der Waals surface area contributed by atoms with Crippen molar-refractivity contribution in [2.24, 2.45) is 0 Å². The zero-order chi connectivity index (χ0) is 14.4. The van der Waals surface area contributed by atoms with E-state index in [-0.39, 0.29) is 30.5 Å². The Morgan fingerprint density at radius 3 is 2.75 bits per heavy atom. The number of amides is 2. The molecule has 0 saturated carbocycles. The third kappa shape index (κ3) is 4.35. The van der Waals surface area contributed by atoms with Gasteiger partial charge in [-0.05, 0) is 18.4 Å². The van der Waals surface area contributed by atoms with Crippen molar-refractivity contribution in [1.29, 1.82) is 0 Å². The van der Waals surface area contributed by atoms with E-state index >= 15 is 0 Å². The van der Waals surface area contributed by atoms with Crippen LogP contribution in [0.3, 0.4) is 0 Å². The lowest BCUT2D eigenvalue weighted by atomic mass is 9.97. The van der Waals surface area contributed by atoms with Crippen molar-refractivity contribution in [3.05, 3.63) is 35.9 Å².